The molecule has 0 radical (unpaired) electrons. The molecule has 5 aromatic rings. The highest BCUT2D eigenvalue weighted by atomic mass is 16.6. The van der Waals surface area contributed by atoms with Crippen LogP contribution in [0.3, 0.4) is 0 Å². The Morgan fingerprint density at radius 3 is 2.50 bits per heavy atom. The first-order chi connectivity index (χ1) is 20.5. The average molecular weight is 557 g/mol. The molecule has 1 N–H and O–H groups in total. The van der Waals surface area contributed by atoms with Gasteiger partial charge in [-0.2, -0.15) is 5.10 Å². The quantitative estimate of drug-likeness (QED) is 0.119. The van der Waals surface area contributed by atoms with Gasteiger partial charge >= 0.3 is 5.97 Å². The lowest BCUT2D eigenvalue weighted by Gasteiger charge is -2.18. The minimum Gasteiger partial charge on any atom is -0.493 e. The van der Waals surface area contributed by atoms with Gasteiger partial charge in [0.2, 0.25) is 0 Å². The molecular weight excluding hydrogens is 532 g/mol. The second-order valence-electron chi connectivity index (χ2n) is 9.51. The molecule has 0 saturated heterocycles. The van der Waals surface area contributed by atoms with Crippen molar-refractivity contribution in [1.29, 1.82) is 0 Å². The van der Waals surface area contributed by atoms with Crippen LogP contribution < -0.4 is 19.8 Å². The predicted molar refractivity (Wildman–Crippen MR) is 158 cm³/mol. The fourth-order valence-electron chi connectivity index (χ4n) is 4.80. The van der Waals surface area contributed by atoms with Crippen LogP contribution in [0.4, 0.5) is 5.69 Å². The Bertz CT molecular complexity index is 1850. The monoisotopic (exact) mass is 556 g/mol. The highest BCUT2D eigenvalue weighted by Gasteiger charge is 2.29. The molecule has 1 aliphatic rings. The zero-order chi connectivity index (χ0) is 29.1. The summed E-state index contributed by atoms with van der Waals surface area (Å²) in [5.41, 5.74) is 6.35. The lowest BCUT2D eigenvalue weighted by molar-refractivity contribution is 0.0728. The Labute approximate surface area is 241 Å². The molecule has 0 spiro atoms. The van der Waals surface area contributed by atoms with Crippen LogP contribution in [0.5, 0.6) is 11.5 Å². The summed E-state index contributed by atoms with van der Waals surface area (Å²) in [5.74, 6) is -0.413. The Hall–Kier alpha value is -5.83. The van der Waals surface area contributed by atoms with Crippen LogP contribution in [0, 0.1) is 0 Å². The molecule has 0 fully saturated rings. The minimum atomic E-state index is -0.560. The number of hydrogen-bond donors (Lipinski definition) is 1. The Morgan fingerprint density at radius 1 is 0.929 bits per heavy atom. The molecule has 2 heterocycles. The number of amides is 2. The topological polar surface area (TPSA) is 110 Å². The van der Waals surface area contributed by atoms with Gasteiger partial charge in [0.05, 0.1) is 31.1 Å². The number of pyridine rings is 1. The van der Waals surface area contributed by atoms with Gasteiger partial charge in [-0.1, -0.05) is 36.4 Å². The minimum absolute atomic E-state index is 0.0331. The summed E-state index contributed by atoms with van der Waals surface area (Å²) >= 11 is 0. The molecule has 42 heavy (non-hydrogen) atoms. The van der Waals surface area contributed by atoms with Crippen molar-refractivity contribution in [3.05, 3.63) is 131 Å². The van der Waals surface area contributed by atoms with E-state index >= 15 is 0 Å². The molecular formula is C33H24N4O5. The van der Waals surface area contributed by atoms with Crippen molar-refractivity contribution in [3.63, 3.8) is 0 Å². The van der Waals surface area contributed by atoms with E-state index in [4.69, 9.17) is 9.47 Å². The van der Waals surface area contributed by atoms with Crippen LogP contribution in [0.25, 0.3) is 10.8 Å². The number of nitrogens with zero attached hydrogens (tertiary/aromatic N) is 3. The van der Waals surface area contributed by atoms with E-state index < -0.39 is 5.97 Å². The number of rotatable bonds is 8. The maximum atomic E-state index is 13.1. The Balaban J connectivity index is 1.08. The largest absolute Gasteiger partial charge is 0.493 e. The number of hydrogen-bond acceptors (Lipinski definition) is 7. The van der Waals surface area contributed by atoms with E-state index in [2.05, 4.69) is 15.5 Å². The molecule has 0 atom stereocenters. The van der Waals surface area contributed by atoms with Crippen molar-refractivity contribution in [2.24, 2.45) is 5.10 Å². The van der Waals surface area contributed by atoms with Crippen molar-refractivity contribution in [1.82, 2.24) is 10.4 Å². The zero-order valence-corrected chi connectivity index (χ0v) is 22.5. The molecule has 1 aromatic heterocycles. The highest BCUT2D eigenvalue weighted by Crippen LogP contribution is 2.38. The van der Waals surface area contributed by atoms with Crippen LogP contribution in [0.2, 0.25) is 0 Å². The maximum Gasteiger partial charge on any atom is 0.345 e. The number of aromatic nitrogens is 1. The lowest BCUT2D eigenvalue weighted by atomic mass is 10.1. The van der Waals surface area contributed by atoms with Crippen molar-refractivity contribution in [2.75, 3.05) is 12.0 Å². The highest BCUT2D eigenvalue weighted by molar-refractivity contribution is 6.24. The number of carbonyl (C=O) groups excluding carboxylic acids is 3. The van der Waals surface area contributed by atoms with Gasteiger partial charge in [-0.25, -0.2) is 10.2 Å². The molecule has 9 nitrogen and oxygen atoms in total. The lowest BCUT2D eigenvalue weighted by Crippen LogP contribution is -2.26. The number of esters is 1. The van der Waals surface area contributed by atoms with E-state index in [0.717, 1.165) is 22.0 Å². The molecule has 9 heteroatoms. The number of benzene rings is 4. The summed E-state index contributed by atoms with van der Waals surface area (Å²) < 4.78 is 10.8. The van der Waals surface area contributed by atoms with E-state index in [9.17, 15) is 14.4 Å². The number of ether oxygens (including phenoxy) is 2. The Morgan fingerprint density at radius 2 is 1.74 bits per heavy atom. The number of hydrazone groups is 1. The number of anilines is 1. The summed E-state index contributed by atoms with van der Waals surface area (Å²) in [6.07, 6.45) is 4.44. The van der Waals surface area contributed by atoms with Gasteiger partial charge in [-0.3, -0.25) is 14.6 Å². The summed E-state index contributed by atoms with van der Waals surface area (Å²) in [6, 6.07) is 26.8. The fraction of sp³-hybridized carbons (Fsp3) is 0.0606. The third-order valence-corrected chi connectivity index (χ3v) is 6.87. The third-order valence-electron chi connectivity index (χ3n) is 6.87. The van der Waals surface area contributed by atoms with Crippen molar-refractivity contribution >= 4 is 40.5 Å². The second kappa shape index (κ2) is 11.3. The van der Waals surface area contributed by atoms with Gasteiger partial charge in [-0.05, 0) is 71.1 Å². The zero-order valence-electron chi connectivity index (χ0n) is 22.5. The summed E-state index contributed by atoms with van der Waals surface area (Å²) in [4.78, 5) is 43.8. The van der Waals surface area contributed by atoms with Crippen molar-refractivity contribution < 1.29 is 23.9 Å². The SMILES string of the molecule is COc1cc(C=NNC(=O)c2ccc(CN3C(=O)c4cccc5cccc3c45)cc2)ccc1OC(=O)c1cccnc1. The van der Waals surface area contributed by atoms with Gasteiger partial charge in [0.25, 0.3) is 11.8 Å². The van der Waals surface area contributed by atoms with Gasteiger partial charge in [0.15, 0.2) is 11.5 Å². The predicted octanol–water partition coefficient (Wildman–Crippen LogP) is 5.39. The van der Waals surface area contributed by atoms with Gasteiger partial charge in [0, 0.05) is 28.9 Å². The number of carbonyl (C=O) groups is 3. The summed E-state index contributed by atoms with van der Waals surface area (Å²) in [7, 11) is 1.46. The van der Waals surface area contributed by atoms with Crippen LogP contribution in [-0.4, -0.2) is 36.1 Å². The van der Waals surface area contributed by atoms with E-state index in [1.807, 2.05) is 48.5 Å². The molecule has 0 unspecified atom stereocenters. The number of nitrogens with one attached hydrogen (secondary N) is 1. The molecule has 0 saturated carbocycles. The summed E-state index contributed by atoms with van der Waals surface area (Å²) in [6.45, 7) is 0.391. The van der Waals surface area contributed by atoms with Gasteiger partial charge in [-0.15, -0.1) is 0 Å². The third kappa shape index (κ3) is 5.18. The number of methoxy groups -OCH3 is 1. The first kappa shape index (κ1) is 26.4. The second-order valence-corrected chi connectivity index (χ2v) is 9.51. The normalized spacial score (nSPS) is 12.1. The van der Waals surface area contributed by atoms with Crippen molar-refractivity contribution in [3.8, 4) is 11.5 Å². The first-order valence-electron chi connectivity index (χ1n) is 13.1. The fourth-order valence-corrected chi connectivity index (χ4v) is 4.80. The van der Waals surface area contributed by atoms with E-state index in [-0.39, 0.29) is 17.6 Å². The van der Waals surface area contributed by atoms with E-state index in [1.165, 1.54) is 19.5 Å². The molecule has 206 valence electrons. The van der Waals surface area contributed by atoms with Crippen LogP contribution >= 0.6 is 0 Å². The average Bonchev–Trinajstić information content (AvgIpc) is 3.30. The van der Waals surface area contributed by atoms with Gasteiger partial charge < -0.3 is 14.4 Å². The van der Waals surface area contributed by atoms with Crippen LogP contribution in [0.15, 0.2) is 108 Å². The smallest absolute Gasteiger partial charge is 0.345 e. The van der Waals surface area contributed by atoms with Crippen LogP contribution in [0.1, 0.15) is 42.2 Å². The Kier molecular flexibility index (Phi) is 7.13. The maximum absolute atomic E-state index is 13.1. The van der Waals surface area contributed by atoms with E-state index in [1.54, 1.807) is 53.6 Å². The van der Waals surface area contributed by atoms with Crippen LogP contribution in [-0.2, 0) is 6.54 Å². The first-order valence-corrected chi connectivity index (χ1v) is 13.1. The van der Waals surface area contributed by atoms with Gasteiger partial charge in [0.1, 0.15) is 0 Å². The molecule has 0 bridgehead atoms. The molecule has 0 aliphatic carbocycles. The van der Waals surface area contributed by atoms with E-state index in [0.29, 0.717) is 34.5 Å². The van der Waals surface area contributed by atoms with Crippen molar-refractivity contribution in [2.45, 2.75) is 6.54 Å². The summed E-state index contributed by atoms with van der Waals surface area (Å²) in [5, 5.41) is 6.05. The molecule has 1 aliphatic heterocycles. The standard InChI is InChI=1S/C33H24N4O5/c1-41-29-17-22(12-15-28(29)42-33(40)25-7-4-16-34-19-25)18-35-36-31(38)24-13-10-21(11-14-24)20-37-27-9-3-6-23-5-2-8-26(30(23)27)32(37)39/h2-19H,20H2,1H3,(H,36,38). The molecule has 2 amide bonds. The molecule has 6 rings (SSSR count). The molecule has 4 aromatic carbocycles.